The maximum Gasteiger partial charge on any atom is 0.283 e. The zero-order valence-electron chi connectivity index (χ0n) is 18.0. The number of rotatable bonds is 6. The van der Waals surface area contributed by atoms with Gasteiger partial charge in [0, 0.05) is 16.7 Å². The topological polar surface area (TPSA) is 59.9 Å². The summed E-state index contributed by atoms with van der Waals surface area (Å²) in [4.78, 5) is 21.9. The summed E-state index contributed by atoms with van der Waals surface area (Å²) < 4.78 is 7.26. The Bertz CT molecular complexity index is 1470. The minimum Gasteiger partial charge on any atom is -0.494 e. The van der Waals surface area contributed by atoms with Crippen LogP contribution in [-0.2, 0) is 5.75 Å². The molecule has 0 fully saturated rings. The van der Waals surface area contributed by atoms with Gasteiger partial charge in [-0.2, -0.15) is 0 Å². The monoisotopic (exact) mass is 441 g/mol. The Kier molecular flexibility index (Phi) is 5.45. The van der Waals surface area contributed by atoms with Gasteiger partial charge in [0.15, 0.2) is 5.16 Å². The molecule has 0 atom stereocenters. The number of hydrogen-bond donors (Lipinski definition) is 1. The summed E-state index contributed by atoms with van der Waals surface area (Å²) in [6, 6.07) is 23.8. The number of fused-ring (bicyclic) bond motifs is 3. The number of para-hydroxylation sites is 1. The SMILES string of the molecule is CCOc1ccc(-n2c(SCc3ccccc3C)nc3c([nH]c4ccccc43)c2=O)cc1. The number of benzene rings is 3. The molecule has 2 heterocycles. The molecule has 6 heteroatoms. The molecular formula is C26H23N3O2S. The first-order valence-corrected chi connectivity index (χ1v) is 11.6. The fourth-order valence-electron chi connectivity index (χ4n) is 3.84. The van der Waals surface area contributed by atoms with Crippen LogP contribution in [0.15, 0.2) is 82.7 Å². The van der Waals surface area contributed by atoms with Gasteiger partial charge in [0.25, 0.3) is 5.56 Å². The zero-order valence-corrected chi connectivity index (χ0v) is 18.8. The lowest BCUT2D eigenvalue weighted by Crippen LogP contribution is -2.21. The fraction of sp³-hybridized carbons (Fsp3) is 0.154. The van der Waals surface area contributed by atoms with Crippen LogP contribution in [-0.4, -0.2) is 21.1 Å². The molecular weight excluding hydrogens is 418 g/mol. The van der Waals surface area contributed by atoms with Gasteiger partial charge in [0.2, 0.25) is 0 Å². The number of nitrogens with zero attached hydrogens (tertiary/aromatic N) is 2. The molecule has 0 spiro atoms. The highest BCUT2D eigenvalue weighted by molar-refractivity contribution is 7.98. The summed E-state index contributed by atoms with van der Waals surface area (Å²) in [5.41, 5.74) is 5.24. The molecule has 0 aliphatic carbocycles. The first-order valence-electron chi connectivity index (χ1n) is 10.6. The van der Waals surface area contributed by atoms with E-state index in [1.54, 1.807) is 16.3 Å². The van der Waals surface area contributed by atoms with Crippen LogP contribution in [0.5, 0.6) is 5.75 Å². The van der Waals surface area contributed by atoms with Gasteiger partial charge in [-0.1, -0.05) is 54.2 Å². The molecule has 5 aromatic rings. The van der Waals surface area contributed by atoms with Crippen molar-refractivity contribution in [2.45, 2.75) is 24.8 Å². The largest absolute Gasteiger partial charge is 0.494 e. The Morgan fingerprint density at radius 1 is 1.00 bits per heavy atom. The highest BCUT2D eigenvalue weighted by atomic mass is 32.2. The van der Waals surface area contributed by atoms with Crippen LogP contribution < -0.4 is 10.3 Å². The smallest absolute Gasteiger partial charge is 0.283 e. The van der Waals surface area contributed by atoms with Crippen LogP contribution >= 0.6 is 11.8 Å². The normalized spacial score (nSPS) is 11.3. The summed E-state index contributed by atoms with van der Waals surface area (Å²) in [5, 5.41) is 1.62. The van der Waals surface area contributed by atoms with E-state index in [1.165, 1.54) is 11.1 Å². The van der Waals surface area contributed by atoms with Crippen molar-refractivity contribution in [1.29, 1.82) is 0 Å². The number of aromatic amines is 1. The van der Waals surface area contributed by atoms with Gasteiger partial charge in [-0.15, -0.1) is 0 Å². The Morgan fingerprint density at radius 3 is 2.53 bits per heavy atom. The second-order valence-corrected chi connectivity index (χ2v) is 8.51. The second kappa shape index (κ2) is 8.55. The van der Waals surface area contributed by atoms with Crippen molar-refractivity contribution >= 4 is 33.7 Å². The summed E-state index contributed by atoms with van der Waals surface area (Å²) in [6.07, 6.45) is 0. The number of hydrogen-bond acceptors (Lipinski definition) is 4. The molecule has 0 amide bonds. The molecule has 0 bridgehead atoms. The summed E-state index contributed by atoms with van der Waals surface area (Å²) in [6.45, 7) is 4.65. The van der Waals surface area contributed by atoms with Crippen molar-refractivity contribution in [2.75, 3.05) is 6.61 Å². The lowest BCUT2D eigenvalue weighted by Gasteiger charge is -2.13. The molecule has 1 N–H and O–H groups in total. The predicted octanol–water partition coefficient (Wildman–Crippen LogP) is 5.87. The van der Waals surface area contributed by atoms with Gasteiger partial charge < -0.3 is 9.72 Å². The van der Waals surface area contributed by atoms with Crippen molar-refractivity contribution in [2.24, 2.45) is 0 Å². The number of thioether (sulfide) groups is 1. The molecule has 2 aromatic heterocycles. The summed E-state index contributed by atoms with van der Waals surface area (Å²) >= 11 is 1.57. The first kappa shape index (κ1) is 20.4. The average Bonchev–Trinajstić information content (AvgIpc) is 3.19. The van der Waals surface area contributed by atoms with E-state index in [0.29, 0.717) is 22.8 Å². The number of nitrogens with one attached hydrogen (secondary N) is 1. The van der Waals surface area contributed by atoms with Crippen molar-refractivity contribution in [3.63, 3.8) is 0 Å². The molecule has 160 valence electrons. The fourth-order valence-corrected chi connectivity index (χ4v) is 4.92. The van der Waals surface area contributed by atoms with Crippen LogP contribution in [0.2, 0.25) is 0 Å². The highest BCUT2D eigenvalue weighted by Gasteiger charge is 2.17. The molecule has 0 unspecified atom stereocenters. The number of aryl methyl sites for hydroxylation is 1. The number of H-pyrrole nitrogens is 1. The van der Waals surface area contributed by atoms with Crippen LogP contribution in [0.3, 0.4) is 0 Å². The summed E-state index contributed by atoms with van der Waals surface area (Å²) in [7, 11) is 0. The van der Waals surface area contributed by atoms with E-state index in [0.717, 1.165) is 28.1 Å². The molecule has 32 heavy (non-hydrogen) atoms. The van der Waals surface area contributed by atoms with Gasteiger partial charge in [0.1, 0.15) is 16.8 Å². The number of aromatic nitrogens is 3. The van der Waals surface area contributed by atoms with Crippen molar-refractivity contribution < 1.29 is 4.74 Å². The highest BCUT2D eigenvalue weighted by Crippen LogP contribution is 2.29. The molecule has 5 nitrogen and oxygen atoms in total. The average molecular weight is 442 g/mol. The van der Waals surface area contributed by atoms with E-state index in [4.69, 9.17) is 9.72 Å². The third-order valence-electron chi connectivity index (χ3n) is 5.52. The van der Waals surface area contributed by atoms with Crippen LogP contribution in [0.1, 0.15) is 18.1 Å². The maximum absolute atomic E-state index is 13.7. The maximum atomic E-state index is 13.7. The summed E-state index contributed by atoms with van der Waals surface area (Å²) in [5.74, 6) is 1.50. The second-order valence-electron chi connectivity index (χ2n) is 7.57. The minimum atomic E-state index is -0.109. The van der Waals surface area contributed by atoms with Crippen LogP contribution in [0, 0.1) is 6.92 Å². The molecule has 0 saturated heterocycles. The Hall–Kier alpha value is -3.51. The van der Waals surface area contributed by atoms with Crippen molar-refractivity contribution in [1.82, 2.24) is 14.5 Å². The van der Waals surface area contributed by atoms with Crippen molar-refractivity contribution in [3.05, 3.63) is 94.3 Å². The predicted molar refractivity (Wildman–Crippen MR) is 131 cm³/mol. The van der Waals surface area contributed by atoms with E-state index in [-0.39, 0.29) is 5.56 Å². The molecule has 0 aliphatic rings. The lowest BCUT2D eigenvalue weighted by atomic mass is 10.1. The molecule has 3 aromatic carbocycles. The quantitative estimate of drug-likeness (QED) is 0.265. The van der Waals surface area contributed by atoms with Gasteiger partial charge in [0.05, 0.1) is 12.3 Å². The van der Waals surface area contributed by atoms with E-state index in [9.17, 15) is 4.79 Å². The van der Waals surface area contributed by atoms with E-state index >= 15 is 0 Å². The van der Waals surface area contributed by atoms with Crippen LogP contribution in [0.25, 0.3) is 27.6 Å². The van der Waals surface area contributed by atoms with Crippen molar-refractivity contribution in [3.8, 4) is 11.4 Å². The zero-order chi connectivity index (χ0) is 22.1. The van der Waals surface area contributed by atoms with Gasteiger partial charge in [-0.05, 0) is 55.3 Å². The molecule has 5 rings (SSSR count). The first-order chi connectivity index (χ1) is 15.7. The molecule has 0 aliphatic heterocycles. The van der Waals surface area contributed by atoms with E-state index < -0.39 is 0 Å². The van der Waals surface area contributed by atoms with E-state index in [1.807, 2.05) is 67.6 Å². The molecule has 0 radical (unpaired) electrons. The molecule has 0 saturated carbocycles. The third-order valence-corrected chi connectivity index (χ3v) is 6.51. The minimum absolute atomic E-state index is 0.109. The van der Waals surface area contributed by atoms with Gasteiger partial charge in [-0.25, -0.2) is 4.98 Å². The number of ether oxygens (including phenoxy) is 1. The third kappa shape index (κ3) is 3.67. The van der Waals surface area contributed by atoms with Gasteiger partial charge >= 0.3 is 0 Å². The van der Waals surface area contributed by atoms with Gasteiger partial charge in [-0.3, -0.25) is 9.36 Å². The Balaban J connectivity index is 1.67. The van der Waals surface area contributed by atoms with Crippen LogP contribution in [0.4, 0.5) is 0 Å². The standard InChI is InChI=1S/C26H23N3O2S/c1-3-31-20-14-12-19(13-15-20)29-25(30)24-23(21-10-6-7-11-22(21)27-24)28-26(29)32-16-18-9-5-4-8-17(18)2/h4-15,27H,3,16H2,1-2H3. The Labute approximate surface area is 190 Å². The van der Waals surface area contributed by atoms with E-state index in [2.05, 4.69) is 24.0 Å². The lowest BCUT2D eigenvalue weighted by molar-refractivity contribution is 0.340. The Morgan fingerprint density at radius 2 is 1.75 bits per heavy atom.